The Morgan fingerprint density at radius 3 is 3.11 bits per heavy atom. The molecule has 2 unspecified atom stereocenters. The van der Waals surface area contributed by atoms with Crippen molar-refractivity contribution in [3.63, 3.8) is 0 Å². The lowest BCUT2D eigenvalue weighted by molar-refractivity contribution is 0.363. The van der Waals surface area contributed by atoms with E-state index in [1.807, 2.05) is 0 Å². The Balaban J connectivity index is 1.92. The first-order valence-electron chi connectivity index (χ1n) is 6.45. The fraction of sp³-hybridized carbons (Fsp3) is 0.538. The monoisotopic (exact) mass is 279 g/mol. The molecule has 1 N–H and O–H groups in total. The number of thiophene rings is 1. The molecular formula is C13H17N3S2. The Kier molecular flexibility index (Phi) is 3.35. The van der Waals surface area contributed by atoms with Gasteiger partial charge in [-0.1, -0.05) is 25.8 Å². The number of rotatable bonds is 3. The largest absolute Gasteiger partial charge is 0.299 e. The predicted molar refractivity (Wildman–Crippen MR) is 77.2 cm³/mol. The zero-order valence-corrected chi connectivity index (χ0v) is 12.1. The van der Waals surface area contributed by atoms with Gasteiger partial charge in [-0.05, 0) is 41.9 Å². The van der Waals surface area contributed by atoms with Crippen LogP contribution in [0.25, 0.3) is 10.7 Å². The molecule has 0 spiro atoms. The molecule has 0 radical (unpaired) electrons. The number of hydrogen-bond donors (Lipinski definition) is 1. The zero-order chi connectivity index (χ0) is 12.5. The summed E-state index contributed by atoms with van der Waals surface area (Å²) in [6.45, 7) is 3.36. The van der Waals surface area contributed by atoms with Crippen LogP contribution in [0.1, 0.15) is 26.2 Å². The van der Waals surface area contributed by atoms with Gasteiger partial charge in [0.2, 0.25) is 0 Å². The average molecular weight is 279 g/mol. The van der Waals surface area contributed by atoms with Gasteiger partial charge in [-0.15, -0.1) is 11.3 Å². The van der Waals surface area contributed by atoms with Crippen LogP contribution in [0.5, 0.6) is 0 Å². The predicted octanol–water partition coefficient (Wildman–Crippen LogP) is 4.11. The number of aromatic amines is 1. The van der Waals surface area contributed by atoms with Gasteiger partial charge in [0.05, 0.1) is 4.88 Å². The molecule has 2 aromatic rings. The second-order valence-corrected chi connectivity index (χ2v) is 6.44. The summed E-state index contributed by atoms with van der Waals surface area (Å²) in [7, 11) is 0. The van der Waals surface area contributed by atoms with Gasteiger partial charge >= 0.3 is 0 Å². The Morgan fingerprint density at radius 1 is 1.56 bits per heavy atom. The number of nitrogens with zero attached hydrogens (tertiary/aromatic N) is 2. The van der Waals surface area contributed by atoms with Crippen LogP contribution in [0, 0.1) is 16.6 Å². The Bertz CT molecular complexity index is 567. The summed E-state index contributed by atoms with van der Waals surface area (Å²) in [6.07, 6.45) is 4.02. The van der Waals surface area contributed by atoms with E-state index >= 15 is 0 Å². The number of aromatic nitrogens is 3. The molecule has 2 aromatic heterocycles. The second-order valence-electron chi connectivity index (χ2n) is 5.11. The highest BCUT2D eigenvalue weighted by molar-refractivity contribution is 7.71. The standard InChI is InChI=1S/C13H17N3S2/c1-9-4-2-5-10(9)8-16-12(14-15-13(16)17)11-6-3-7-18-11/h3,6-7,9-10H,2,4-5,8H2,1H3,(H,15,17). The highest BCUT2D eigenvalue weighted by Gasteiger charge is 2.25. The highest BCUT2D eigenvalue weighted by atomic mass is 32.1. The molecule has 0 amide bonds. The van der Waals surface area contributed by atoms with Gasteiger partial charge in [0.25, 0.3) is 0 Å². The smallest absolute Gasteiger partial charge is 0.195 e. The van der Waals surface area contributed by atoms with Crippen molar-refractivity contribution in [1.29, 1.82) is 0 Å². The first-order chi connectivity index (χ1) is 8.75. The van der Waals surface area contributed by atoms with Gasteiger partial charge in [0.15, 0.2) is 10.6 Å². The van der Waals surface area contributed by atoms with E-state index in [0.717, 1.165) is 29.0 Å². The van der Waals surface area contributed by atoms with Crippen LogP contribution in [0.15, 0.2) is 17.5 Å². The van der Waals surface area contributed by atoms with Gasteiger partial charge in [-0.25, -0.2) is 0 Å². The molecule has 96 valence electrons. The molecule has 0 aromatic carbocycles. The Labute approximate surface area is 116 Å². The van der Waals surface area contributed by atoms with E-state index in [1.54, 1.807) is 11.3 Å². The molecule has 3 rings (SSSR count). The quantitative estimate of drug-likeness (QED) is 0.858. The Morgan fingerprint density at radius 2 is 2.44 bits per heavy atom. The van der Waals surface area contributed by atoms with Crippen molar-refractivity contribution in [2.24, 2.45) is 11.8 Å². The maximum atomic E-state index is 5.37. The molecule has 0 aliphatic heterocycles. The van der Waals surface area contributed by atoms with Gasteiger partial charge in [0, 0.05) is 6.54 Å². The zero-order valence-electron chi connectivity index (χ0n) is 10.4. The molecule has 1 aliphatic rings. The van der Waals surface area contributed by atoms with Gasteiger partial charge < -0.3 is 0 Å². The summed E-state index contributed by atoms with van der Waals surface area (Å²) in [5.41, 5.74) is 0. The fourth-order valence-electron chi connectivity index (χ4n) is 2.81. The summed E-state index contributed by atoms with van der Waals surface area (Å²) in [6, 6.07) is 4.16. The van der Waals surface area contributed by atoms with E-state index in [4.69, 9.17) is 12.2 Å². The molecule has 1 aliphatic carbocycles. The normalized spacial score (nSPS) is 23.6. The first kappa shape index (κ1) is 12.1. The lowest BCUT2D eigenvalue weighted by Gasteiger charge is -2.16. The van der Waals surface area contributed by atoms with Crippen LogP contribution in [0.4, 0.5) is 0 Å². The minimum Gasteiger partial charge on any atom is -0.299 e. The van der Waals surface area contributed by atoms with Crippen LogP contribution in [-0.2, 0) is 6.54 Å². The van der Waals surface area contributed by atoms with Crippen molar-refractivity contribution in [3.8, 4) is 10.7 Å². The molecular weight excluding hydrogens is 262 g/mol. The van der Waals surface area contributed by atoms with Crippen molar-refractivity contribution in [2.75, 3.05) is 0 Å². The molecule has 2 atom stereocenters. The summed E-state index contributed by atoms with van der Waals surface area (Å²) in [5.74, 6) is 2.54. The molecule has 2 heterocycles. The van der Waals surface area contributed by atoms with Crippen molar-refractivity contribution in [2.45, 2.75) is 32.7 Å². The number of hydrogen-bond acceptors (Lipinski definition) is 3. The number of nitrogens with one attached hydrogen (secondary N) is 1. The van der Waals surface area contributed by atoms with Crippen LogP contribution < -0.4 is 0 Å². The molecule has 0 bridgehead atoms. The third-order valence-electron chi connectivity index (χ3n) is 3.96. The topological polar surface area (TPSA) is 33.6 Å². The van der Waals surface area contributed by atoms with Crippen LogP contribution >= 0.6 is 23.6 Å². The molecule has 0 saturated heterocycles. The van der Waals surface area contributed by atoms with E-state index in [0.29, 0.717) is 0 Å². The molecule has 1 saturated carbocycles. The lowest BCUT2D eigenvalue weighted by atomic mass is 9.98. The summed E-state index contributed by atoms with van der Waals surface area (Å²) >= 11 is 7.08. The molecule has 18 heavy (non-hydrogen) atoms. The SMILES string of the molecule is CC1CCCC1Cn1c(-c2cccs2)n[nH]c1=S. The average Bonchev–Trinajstić information content (AvgIpc) is 3.04. The molecule has 3 nitrogen and oxygen atoms in total. The maximum Gasteiger partial charge on any atom is 0.195 e. The summed E-state index contributed by atoms with van der Waals surface area (Å²) in [4.78, 5) is 1.19. The van der Waals surface area contributed by atoms with Crippen molar-refractivity contribution in [3.05, 3.63) is 22.3 Å². The summed E-state index contributed by atoms with van der Waals surface area (Å²) < 4.78 is 2.92. The Hall–Kier alpha value is -0.940. The van der Waals surface area contributed by atoms with E-state index in [9.17, 15) is 0 Å². The van der Waals surface area contributed by atoms with Crippen LogP contribution in [0.3, 0.4) is 0 Å². The summed E-state index contributed by atoms with van der Waals surface area (Å²) in [5, 5.41) is 9.40. The van der Waals surface area contributed by atoms with Gasteiger partial charge in [-0.2, -0.15) is 5.10 Å². The third-order valence-corrected chi connectivity index (χ3v) is 5.13. The van der Waals surface area contributed by atoms with E-state index in [-0.39, 0.29) is 0 Å². The lowest BCUT2D eigenvalue weighted by Crippen LogP contribution is -2.14. The molecule has 1 fully saturated rings. The van der Waals surface area contributed by atoms with E-state index < -0.39 is 0 Å². The first-order valence-corrected chi connectivity index (χ1v) is 7.73. The number of H-pyrrole nitrogens is 1. The van der Waals surface area contributed by atoms with Crippen molar-refractivity contribution < 1.29 is 0 Å². The van der Waals surface area contributed by atoms with Crippen molar-refractivity contribution >= 4 is 23.6 Å². The van der Waals surface area contributed by atoms with E-state index in [1.165, 1.54) is 24.1 Å². The van der Waals surface area contributed by atoms with Crippen LogP contribution in [-0.4, -0.2) is 14.8 Å². The third kappa shape index (κ3) is 2.17. The van der Waals surface area contributed by atoms with Crippen LogP contribution in [0.2, 0.25) is 0 Å². The maximum absolute atomic E-state index is 5.37. The molecule has 5 heteroatoms. The minimum absolute atomic E-state index is 0.744. The second kappa shape index (κ2) is 4.97. The van der Waals surface area contributed by atoms with Gasteiger partial charge in [0.1, 0.15) is 0 Å². The van der Waals surface area contributed by atoms with Crippen molar-refractivity contribution in [1.82, 2.24) is 14.8 Å². The highest BCUT2D eigenvalue weighted by Crippen LogP contribution is 2.33. The van der Waals surface area contributed by atoms with E-state index in [2.05, 4.69) is 39.2 Å². The minimum atomic E-state index is 0.744. The van der Waals surface area contributed by atoms with Gasteiger partial charge in [-0.3, -0.25) is 9.67 Å². The fourth-order valence-corrected chi connectivity index (χ4v) is 3.74.